The lowest BCUT2D eigenvalue weighted by Gasteiger charge is -2.28. The second kappa shape index (κ2) is 13.4. The van der Waals surface area contributed by atoms with Crippen LogP contribution in [0, 0.1) is 0 Å². The Morgan fingerprint density at radius 1 is 0.315 bits per heavy atom. The predicted molar refractivity (Wildman–Crippen MR) is 229 cm³/mol. The van der Waals surface area contributed by atoms with Crippen LogP contribution in [-0.2, 0) is 0 Å². The highest BCUT2D eigenvalue weighted by Gasteiger charge is 2.21. The molecular weight excluding hydrogens is 653 g/mol. The number of para-hydroxylation sites is 2. The Labute approximate surface area is 315 Å². The first kappa shape index (κ1) is 31.6. The van der Waals surface area contributed by atoms with Gasteiger partial charge in [0.1, 0.15) is 0 Å². The Balaban J connectivity index is 1.24. The van der Waals surface area contributed by atoms with Gasteiger partial charge < -0.3 is 9.47 Å². The molecule has 0 amide bonds. The summed E-state index contributed by atoms with van der Waals surface area (Å²) in [5.41, 5.74) is 13.9. The number of aromatic nitrogens is 1. The summed E-state index contributed by atoms with van der Waals surface area (Å²) in [5.74, 6) is 0. The van der Waals surface area contributed by atoms with Crippen molar-refractivity contribution < 1.29 is 0 Å². The summed E-state index contributed by atoms with van der Waals surface area (Å²) < 4.78 is 2.47. The highest BCUT2D eigenvalue weighted by Crippen LogP contribution is 2.44. The first-order valence-electron chi connectivity index (χ1n) is 18.5. The molecule has 2 heteroatoms. The number of fused-ring (bicyclic) bond motifs is 4. The third-order valence-electron chi connectivity index (χ3n) is 10.6. The smallest absolute Gasteiger partial charge is 0.0562 e. The monoisotopic (exact) mass is 688 g/mol. The van der Waals surface area contributed by atoms with Crippen LogP contribution in [0.4, 0.5) is 17.1 Å². The van der Waals surface area contributed by atoms with Crippen molar-refractivity contribution in [1.29, 1.82) is 0 Å². The number of hydrogen-bond acceptors (Lipinski definition) is 1. The molecule has 2 nitrogen and oxygen atoms in total. The van der Waals surface area contributed by atoms with Crippen molar-refractivity contribution in [3.63, 3.8) is 0 Å². The van der Waals surface area contributed by atoms with Crippen molar-refractivity contribution in [2.45, 2.75) is 0 Å². The average Bonchev–Trinajstić information content (AvgIpc) is 3.58. The van der Waals surface area contributed by atoms with E-state index >= 15 is 0 Å². The molecule has 1 heterocycles. The first-order valence-corrected chi connectivity index (χ1v) is 18.5. The number of benzene rings is 9. The van der Waals surface area contributed by atoms with E-state index in [1.807, 2.05) is 0 Å². The molecule has 0 saturated heterocycles. The Morgan fingerprint density at radius 3 is 1.56 bits per heavy atom. The summed E-state index contributed by atoms with van der Waals surface area (Å²) in [6.07, 6.45) is 0. The molecular formula is C52H36N2. The van der Waals surface area contributed by atoms with Crippen LogP contribution < -0.4 is 4.90 Å². The molecule has 0 spiro atoms. The van der Waals surface area contributed by atoms with E-state index in [9.17, 15) is 0 Å². The Kier molecular flexibility index (Phi) is 7.85. The lowest BCUT2D eigenvalue weighted by Crippen LogP contribution is -2.11. The van der Waals surface area contributed by atoms with E-state index in [1.54, 1.807) is 0 Å². The summed E-state index contributed by atoms with van der Waals surface area (Å²) >= 11 is 0. The van der Waals surface area contributed by atoms with Gasteiger partial charge >= 0.3 is 0 Å². The van der Waals surface area contributed by atoms with E-state index in [2.05, 4.69) is 228 Å². The summed E-state index contributed by atoms with van der Waals surface area (Å²) in [6, 6.07) is 79.0. The maximum absolute atomic E-state index is 2.47. The molecule has 0 fully saturated rings. The van der Waals surface area contributed by atoms with Gasteiger partial charge in [0.05, 0.1) is 22.4 Å². The van der Waals surface area contributed by atoms with Crippen molar-refractivity contribution in [2.75, 3.05) is 4.90 Å². The van der Waals surface area contributed by atoms with Crippen molar-refractivity contribution in [3.8, 4) is 39.1 Å². The standard InChI is InChI=1S/C52H36N2/c1-4-16-37(17-5-1)38-28-30-43(31-29-38)53(49-26-14-12-24-45(49)39-18-6-2-7-19-39)44-32-33-47-46-25-13-15-27-50(46)54(52(47)36-44)51-35-42-23-11-10-22-41(42)34-48(51)40-20-8-3-9-21-40/h1-36H. The number of nitrogens with zero attached hydrogens (tertiary/aromatic N) is 2. The normalized spacial score (nSPS) is 11.3. The molecule has 0 aliphatic heterocycles. The minimum absolute atomic E-state index is 1.09. The maximum atomic E-state index is 2.47. The van der Waals surface area contributed by atoms with E-state index in [1.165, 1.54) is 60.4 Å². The van der Waals surface area contributed by atoms with Crippen LogP contribution in [0.15, 0.2) is 218 Å². The minimum atomic E-state index is 1.09. The second-order valence-corrected chi connectivity index (χ2v) is 13.8. The van der Waals surface area contributed by atoms with E-state index in [0.29, 0.717) is 0 Å². The molecule has 254 valence electrons. The van der Waals surface area contributed by atoms with Crippen LogP contribution in [0.25, 0.3) is 71.6 Å². The molecule has 0 bridgehead atoms. The van der Waals surface area contributed by atoms with Crippen molar-refractivity contribution >= 4 is 49.6 Å². The summed E-state index contributed by atoms with van der Waals surface area (Å²) in [5, 5.41) is 4.89. The quantitative estimate of drug-likeness (QED) is 0.162. The van der Waals surface area contributed by atoms with E-state index in [0.717, 1.165) is 28.3 Å². The van der Waals surface area contributed by atoms with E-state index in [4.69, 9.17) is 0 Å². The molecule has 10 aromatic rings. The van der Waals surface area contributed by atoms with Gasteiger partial charge in [-0.15, -0.1) is 0 Å². The molecule has 9 aromatic carbocycles. The number of rotatable bonds is 7. The molecule has 0 aliphatic carbocycles. The maximum Gasteiger partial charge on any atom is 0.0562 e. The molecule has 0 radical (unpaired) electrons. The van der Waals surface area contributed by atoms with E-state index < -0.39 is 0 Å². The van der Waals surface area contributed by atoms with Crippen molar-refractivity contribution in [3.05, 3.63) is 218 Å². The Bertz CT molecular complexity index is 2910. The molecule has 0 N–H and O–H groups in total. The lowest BCUT2D eigenvalue weighted by molar-refractivity contribution is 1.18. The zero-order valence-electron chi connectivity index (χ0n) is 29.7. The third-order valence-corrected chi connectivity index (χ3v) is 10.6. The van der Waals surface area contributed by atoms with E-state index in [-0.39, 0.29) is 0 Å². The topological polar surface area (TPSA) is 8.17 Å². The summed E-state index contributed by atoms with van der Waals surface area (Å²) in [4.78, 5) is 2.41. The fourth-order valence-electron chi connectivity index (χ4n) is 8.01. The molecule has 10 rings (SSSR count). The van der Waals surface area contributed by atoms with Crippen LogP contribution in [-0.4, -0.2) is 4.57 Å². The van der Waals surface area contributed by atoms with Gasteiger partial charge in [-0.2, -0.15) is 0 Å². The third kappa shape index (κ3) is 5.53. The Morgan fingerprint density at radius 2 is 0.833 bits per heavy atom. The zero-order chi connectivity index (χ0) is 35.8. The van der Waals surface area contributed by atoms with Crippen LogP contribution >= 0.6 is 0 Å². The highest BCUT2D eigenvalue weighted by atomic mass is 15.1. The van der Waals surface area contributed by atoms with Gasteiger partial charge in [0, 0.05) is 33.3 Å². The summed E-state index contributed by atoms with van der Waals surface area (Å²) in [7, 11) is 0. The fraction of sp³-hybridized carbons (Fsp3) is 0. The van der Waals surface area contributed by atoms with Gasteiger partial charge in [0.25, 0.3) is 0 Å². The first-order chi connectivity index (χ1) is 26.8. The summed E-state index contributed by atoms with van der Waals surface area (Å²) in [6.45, 7) is 0. The van der Waals surface area contributed by atoms with Crippen LogP contribution in [0.3, 0.4) is 0 Å². The molecule has 0 saturated carbocycles. The van der Waals surface area contributed by atoms with Gasteiger partial charge in [-0.25, -0.2) is 0 Å². The average molecular weight is 689 g/mol. The van der Waals surface area contributed by atoms with Crippen LogP contribution in [0.2, 0.25) is 0 Å². The van der Waals surface area contributed by atoms with Gasteiger partial charge in [-0.1, -0.05) is 170 Å². The predicted octanol–water partition coefficient (Wildman–Crippen LogP) is 14.4. The molecule has 0 aliphatic rings. The molecule has 54 heavy (non-hydrogen) atoms. The minimum Gasteiger partial charge on any atom is -0.310 e. The lowest BCUT2D eigenvalue weighted by atomic mass is 9.98. The second-order valence-electron chi connectivity index (χ2n) is 13.8. The fourth-order valence-corrected chi connectivity index (χ4v) is 8.01. The van der Waals surface area contributed by atoms with Crippen LogP contribution in [0.1, 0.15) is 0 Å². The van der Waals surface area contributed by atoms with Gasteiger partial charge in [-0.05, 0) is 81.6 Å². The molecule has 0 atom stereocenters. The Hall–Kier alpha value is -7.16. The van der Waals surface area contributed by atoms with Gasteiger partial charge in [0.15, 0.2) is 0 Å². The highest BCUT2D eigenvalue weighted by molar-refractivity contribution is 6.11. The zero-order valence-corrected chi connectivity index (χ0v) is 29.7. The SMILES string of the molecule is c1ccc(-c2ccc(N(c3ccc4c5ccccc5n(-c5cc6ccccc6cc5-c5ccccc5)c4c3)c3ccccc3-c3ccccc3)cc2)cc1. The van der Waals surface area contributed by atoms with Gasteiger partial charge in [-0.3, -0.25) is 0 Å². The number of anilines is 3. The van der Waals surface area contributed by atoms with Crippen LogP contribution in [0.5, 0.6) is 0 Å². The van der Waals surface area contributed by atoms with Crippen molar-refractivity contribution in [2.24, 2.45) is 0 Å². The van der Waals surface area contributed by atoms with Crippen molar-refractivity contribution in [1.82, 2.24) is 4.57 Å². The number of hydrogen-bond donors (Lipinski definition) is 0. The van der Waals surface area contributed by atoms with Gasteiger partial charge in [0.2, 0.25) is 0 Å². The molecule has 1 aromatic heterocycles. The molecule has 0 unspecified atom stereocenters. The largest absolute Gasteiger partial charge is 0.310 e.